The zero-order valence-corrected chi connectivity index (χ0v) is 11.8. The van der Waals surface area contributed by atoms with Gasteiger partial charge in [-0.2, -0.15) is 0 Å². The van der Waals surface area contributed by atoms with Gasteiger partial charge in [-0.25, -0.2) is 0 Å². The maximum Gasteiger partial charge on any atom is 0.326 e. The molecule has 1 aromatic rings. The van der Waals surface area contributed by atoms with E-state index in [-0.39, 0.29) is 5.97 Å². The molecule has 1 N–H and O–H groups in total. The van der Waals surface area contributed by atoms with Crippen molar-refractivity contribution in [2.45, 2.75) is 38.8 Å². The normalized spacial score (nSPS) is 13.6. The summed E-state index contributed by atoms with van der Waals surface area (Å²) in [7, 11) is 0. The van der Waals surface area contributed by atoms with E-state index in [1.165, 1.54) is 0 Å². The van der Waals surface area contributed by atoms with E-state index < -0.39 is 5.54 Å². The number of hydrogen-bond donors (Lipinski definition) is 1. The van der Waals surface area contributed by atoms with Crippen molar-refractivity contribution >= 4 is 5.97 Å². The first-order chi connectivity index (χ1) is 9.12. The molecule has 1 unspecified atom stereocenters. The molecule has 0 aromatic heterocycles. The van der Waals surface area contributed by atoms with Crippen LogP contribution >= 0.6 is 0 Å². The molecule has 0 saturated carbocycles. The quantitative estimate of drug-likeness (QED) is 0.577. The summed E-state index contributed by atoms with van der Waals surface area (Å²) >= 11 is 0. The second-order valence-electron chi connectivity index (χ2n) is 4.72. The van der Waals surface area contributed by atoms with Gasteiger partial charge >= 0.3 is 5.97 Å². The Morgan fingerprint density at radius 2 is 2.11 bits per heavy atom. The smallest absolute Gasteiger partial charge is 0.326 e. The zero-order valence-electron chi connectivity index (χ0n) is 11.8. The van der Waals surface area contributed by atoms with Crippen LogP contribution in [0.4, 0.5) is 0 Å². The molecular formula is C16H23NO2. The van der Waals surface area contributed by atoms with Gasteiger partial charge in [0.25, 0.3) is 0 Å². The van der Waals surface area contributed by atoms with Crippen molar-refractivity contribution in [2.24, 2.45) is 0 Å². The average Bonchev–Trinajstić information content (AvgIpc) is 2.44. The maximum absolute atomic E-state index is 12.1. The van der Waals surface area contributed by atoms with E-state index >= 15 is 0 Å². The molecule has 19 heavy (non-hydrogen) atoms. The Balaban J connectivity index is 2.68. The monoisotopic (exact) mass is 261 g/mol. The predicted molar refractivity (Wildman–Crippen MR) is 77.8 cm³/mol. The van der Waals surface area contributed by atoms with E-state index in [0.29, 0.717) is 19.6 Å². The predicted octanol–water partition coefficient (Wildman–Crippen LogP) is 3.06. The number of hydrogen-bond acceptors (Lipinski definition) is 3. The van der Waals surface area contributed by atoms with Gasteiger partial charge in [0, 0.05) is 6.54 Å². The van der Waals surface area contributed by atoms with E-state index in [2.05, 4.69) is 11.9 Å². The number of carbonyl (C=O) groups excluding carboxylic acids is 1. The second-order valence-corrected chi connectivity index (χ2v) is 4.72. The molecule has 1 rings (SSSR count). The van der Waals surface area contributed by atoms with Crippen LogP contribution in [-0.4, -0.2) is 18.1 Å². The van der Waals surface area contributed by atoms with Crippen LogP contribution in [0.25, 0.3) is 0 Å². The van der Waals surface area contributed by atoms with Gasteiger partial charge in [-0.1, -0.05) is 36.4 Å². The summed E-state index contributed by atoms with van der Waals surface area (Å²) in [5, 5.41) is 3.31. The van der Waals surface area contributed by atoms with Gasteiger partial charge in [0.2, 0.25) is 0 Å². The summed E-state index contributed by atoms with van der Waals surface area (Å²) in [6.45, 7) is 8.46. The molecule has 0 saturated heterocycles. The van der Waals surface area contributed by atoms with E-state index in [1.54, 1.807) is 0 Å². The number of allylic oxidation sites excluding steroid dienone is 1. The van der Waals surface area contributed by atoms with Crippen molar-refractivity contribution in [3.8, 4) is 0 Å². The average molecular weight is 261 g/mol. The van der Waals surface area contributed by atoms with E-state index in [1.807, 2.05) is 50.3 Å². The molecule has 0 aliphatic carbocycles. The standard InChI is InChI=1S/C16H23NO2/c1-4-6-12-16(3,15(18)19-5-2)17-13-14-10-8-7-9-11-14/h4,7-11,17H,1,5-6,12-13H2,2-3H3. The number of carbonyl (C=O) groups is 1. The molecule has 0 amide bonds. The maximum atomic E-state index is 12.1. The summed E-state index contributed by atoms with van der Waals surface area (Å²) in [5.41, 5.74) is 0.483. The van der Waals surface area contributed by atoms with Crippen molar-refractivity contribution in [3.63, 3.8) is 0 Å². The van der Waals surface area contributed by atoms with Crippen LogP contribution in [0.2, 0.25) is 0 Å². The van der Waals surface area contributed by atoms with Crippen LogP contribution in [0.15, 0.2) is 43.0 Å². The lowest BCUT2D eigenvalue weighted by atomic mass is 9.95. The van der Waals surface area contributed by atoms with Gasteiger partial charge in [0.15, 0.2) is 0 Å². The number of esters is 1. The molecule has 0 bridgehead atoms. The molecule has 0 heterocycles. The third-order valence-electron chi connectivity index (χ3n) is 3.10. The Labute approximate surface area is 115 Å². The molecule has 104 valence electrons. The molecule has 0 radical (unpaired) electrons. The van der Waals surface area contributed by atoms with Crippen LogP contribution in [-0.2, 0) is 16.1 Å². The van der Waals surface area contributed by atoms with Crippen LogP contribution in [0.1, 0.15) is 32.3 Å². The van der Waals surface area contributed by atoms with Crippen LogP contribution < -0.4 is 5.32 Å². The Morgan fingerprint density at radius 1 is 1.42 bits per heavy atom. The molecule has 0 fully saturated rings. The third kappa shape index (κ3) is 4.87. The molecule has 3 nitrogen and oxygen atoms in total. The minimum absolute atomic E-state index is 0.201. The van der Waals surface area contributed by atoms with Crippen LogP contribution in [0.3, 0.4) is 0 Å². The minimum Gasteiger partial charge on any atom is -0.465 e. The van der Waals surface area contributed by atoms with Crippen molar-refractivity contribution in [1.82, 2.24) is 5.32 Å². The topological polar surface area (TPSA) is 38.3 Å². The SMILES string of the molecule is C=CCCC(C)(NCc1ccccc1)C(=O)OCC. The van der Waals surface area contributed by atoms with Crippen molar-refractivity contribution in [3.05, 3.63) is 48.6 Å². The number of nitrogens with one attached hydrogen (secondary N) is 1. The second kappa shape index (κ2) is 7.74. The number of rotatable bonds is 8. The Bertz CT molecular complexity index is 402. The van der Waals surface area contributed by atoms with Crippen molar-refractivity contribution in [2.75, 3.05) is 6.61 Å². The summed E-state index contributed by atoms with van der Waals surface area (Å²) < 4.78 is 5.16. The first-order valence-corrected chi connectivity index (χ1v) is 6.69. The Morgan fingerprint density at radius 3 is 2.68 bits per heavy atom. The van der Waals surface area contributed by atoms with Gasteiger partial charge in [0.1, 0.15) is 5.54 Å². The van der Waals surface area contributed by atoms with Gasteiger partial charge in [-0.3, -0.25) is 10.1 Å². The highest BCUT2D eigenvalue weighted by Crippen LogP contribution is 2.16. The molecular weight excluding hydrogens is 238 g/mol. The van der Waals surface area contributed by atoms with Crippen LogP contribution in [0, 0.1) is 0 Å². The fraction of sp³-hybridized carbons (Fsp3) is 0.438. The molecule has 1 aromatic carbocycles. The number of ether oxygens (including phenoxy) is 1. The third-order valence-corrected chi connectivity index (χ3v) is 3.10. The molecule has 0 aliphatic rings. The van der Waals surface area contributed by atoms with Crippen molar-refractivity contribution in [1.29, 1.82) is 0 Å². The molecule has 3 heteroatoms. The fourth-order valence-electron chi connectivity index (χ4n) is 1.84. The van der Waals surface area contributed by atoms with Gasteiger partial charge in [-0.05, 0) is 32.3 Å². The molecule has 1 atom stereocenters. The fourth-order valence-corrected chi connectivity index (χ4v) is 1.84. The first-order valence-electron chi connectivity index (χ1n) is 6.69. The van der Waals surface area contributed by atoms with E-state index in [4.69, 9.17) is 4.74 Å². The lowest BCUT2D eigenvalue weighted by molar-refractivity contribution is -0.150. The Hall–Kier alpha value is -1.61. The molecule has 0 aliphatic heterocycles. The highest BCUT2D eigenvalue weighted by atomic mass is 16.5. The lowest BCUT2D eigenvalue weighted by Gasteiger charge is -2.28. The first kappa shape index (κ1) is 15.4. The highest BCUT2D eigenvalue weighted by molar-refractivity contribution is 5.80. The lowest BCUT2D eigenvalue weighted by Crippen LogP contribution is -2.50. The zero-order chi connectivity index (χ0) is 14.1. The Kier molecular flexibility index (Phi) is 6.30. The minimum atomic E-state index is -0.667. The summed E-state index contributed by atoms with van der Waals surface area (Å²) in [4.78, 5) is 12.1. The highest BCUT2D eigenvalue weighted by Gasteiger charge is 2.33. The number of benzene rings is 1. The van der Waals surface area contributed by atoms with Gasteiger partial charge in [-0.15, -0.1) is 6.58 Å². The van der Waals surface area contributed by atoms with Gasteiger partial charge < -0.3 is 4.74 Å². The van der Waals surface area contributed by atoms with E-state index in [9.17, 15) is 4.79 Å². The largest absolute Gasteiger partial charge is 0.465 e. The summed E-state index contributed by atoms with van der Waals surface area (Å²) in [5.74, 6) is -0.201. The van der Waals surface area contributed by atoms with Crippen molar-refractivity contribution < 1.29 is 9.53 Å². The van der Waals surface area contributed by atoms with E-state index in [0.717, 1.165) is 12.0 Å². The van der Waals surface area contributed by atoms with Gasteiger partial charge in [0.05, 0.1) is 6.61 Å². The molecule has 0 spiro atoms. The summed E-state index contributed by atoms with van der Waals surface area (Å²) in [6, 6.07) is 10.0. The van der Waals surface area contributed by atoms with Crippen LogP contribution in [0.5, 0.6) is 0 Å². The summed E-state index contributed by atoms with van der Waals surface area (Å²) in [6.07, 6.45) is 3.28.